The van der Waals surface area contributed by atoms with Gasteiger partial charge in [-0.25, -0.2) is 9.78 Å². The van der Waals surface area contributed by atoms with Crippen LogP contribution in [0.3, 0.4) is 0 Å². The highest BCUT2D eigenvalue weighted by Crippen LogP contribution is 2.36. The number of nitrogens with zero attached hydrogens (tertiary/aromatic N) is 4. The van der Waals surface area contributed by atoms with Gasteiger partial charge in [0.2, 0.25) is 0 Å². The maximum Gasteiger partial charge on any atom is 0.344 e. The Morgan fingerprint density at radius 2 is 1.83 bits per heavy atom. The second kappa shape index (κ2) is 10.4. The largest absolute Gasteiger partial charge is 0.460 e. The normalized spacial score (nSPS) is 14.5. The molecule has 4 rings (SSSR count). The second-order valence-electron chi connectivity index (χ2n) is 9.38. The van der Waals surface area contributed by atoms with Gasteiger partial charge < -0.3 is 9.47 Å². The van der Waals surface area contributed by atoms with Crippen molar-refractivity contribution >= 4 is 17.7 Å². The minimum Gasteiger partial charge on any atom is -0.460 e. The molecule has 188 valence electrons. The van der Waals surface area contributed by atoms with E-state index in [1.54, 1.807) is 20.0 Å². The van der Waals surface area contributed by atoms with Crippen molar-refractivity contribution in [2.24, 2.45) is 4.99 Å². The van der Waals surface area contributed by atoms with E-state index in [2.05, 4.69) is 36.4 Å². The van der Waals surface area contributed by atoms with Gasteiger partial charge in [-0.05, 0) is 82.9 Å². The molecule has 0 bridgehead atoms. The van der Waals surface area contributed by atoms with Crippen molar-refractivity contribution in [1.29, 1.82) is 0 Å². The first-order valence-electron chi connectivity index (χ1n) is 12.2. The van der Waals surface area contributed by atoms with E-state index >= 15 is 0 Å². The van der Waals surface area contributed by atoms with Crippen LogP contribution in [-0.4, -0.2) is 44.9 Å². The topological polar surface area (TPSA) is 95.7 Å². The lowest BCUT2D eigenvalue weighted by Gasteiger charge is -2.19. The first kappa shape index (κ1) is 25.3. The molecule has 0 saturated carbocycles. The maximum absolute atomic E-state index is 12.5. The molecule has 3 aromatic rings. The second-order valence-corrected chi connectivity index (χ2v) is 9.38. The van der Waals surface area contributed by atoms with Crippen LogP contribution in [0.2, 0.25) is 0 Å². The van der Waals surface area contributed by atoms with E-state index < -0.39 is 24.6 Å². The molecule has 0 aliphatic carbocycles. The molecule has 1 atom stereocenters. The zero-order chi connectivity index (χ0) is 26.0. The lowest BCUT2D eigenvalue weighted by molar-refractivity contribution is -0.161. The van der Waals surface area contributed by atoms with Gasteiger partial charge in [0, 0.05) is 30.1 Å². The van der Waals surface area contributed by atoms with Crippen LogP contribution >= 0.6 is 0 Å². The van der Waals surface area contributed by atoms with Gasteiger partial charge in [0.25, 0.3) is 0 Å². The van der Waals surface area contributed by atoms with Gasteiger partial charge in [0.1, 0.15) is 11.9 Å². The highest BCUT2D eigenvalue weighted by molar-refractivity contribution is 6.15. The molecule has 0 radical (unpaired) electrons. The number of carbonyl (C=O) groups excluding carboxylic acids is 2. The molecule has 2 aromatic heterocycles. The van der Waals surface area contributed by atoms with Gasteiger partial charge in [0.05, 0.1) is 23.2 Å². The molecule has 1 aromatic carbocycles. The number of hydrogen-bond acceptors (Lipinski definition) is 7. The molecule has 0 spiro atoms. The molecule has 1 aliphatic rings. The minimum atomic E-state index is -0.564. The van der Waals surface area contributed by atoms with Crippen LogP contribution in [0.4, 0.5) is 0 Å². The average Bonchev–Trinajstić information content (AvgIpc) is 3.16. The Morgan fingerprint density at radius 1 is 1.06 bits per heavy atom. The molecule has 36 heavy (non-hydrogen) atoms. The van der Waals surface area contributed by atoms with Gasteiger partial charge in [-0.2, -0.15) is 0 Å². The first-order chi connectivity index (χ1) is 17.2. The number of imidazole rings is 1. The third-order valence-corrected chi connectivity index (χ3v) is 6.41. The van der Waals surface area contributed by atoms with Crippen molar-refractivity contribution in [2.75, 3.05) is 6.61 Å². The van der Waals surface area contributed by atoms with Crippen molar-refractivity contribution < 1.29 is 19.1 Å². The standard InChI is InChI=1S/C28H32N4O4/c1-16(2)36-25(34)15-35-24(33)11-10-22-28-30-14-18(4)32(28)23-13-17(3)19(5)20(6)26(23)27(31-22)21-9-7-8-12-29-21/h7-9,12-14,16,22H,10-11,15H2,1-6H3/t22-/m0/s1. The van der Waals surface area contributed by atoms with Crippen LogP contribution in [0.5, 0.6) is 0 Å². The summed E-state index contributed by atoms with van der Waals surface area (Å²) < 4.78 is 12.3. The summed E-state index contributed by atoms with van der Waals surface area (Å²) in [7, 11) is 0. The van der Waals surface area contributed by atoms with Crippen LogP contribution in [0.15, 0.2) is 41.7 Å². The van der Waals surface area contributed by atoms with Crippen molar-refractivity contribution in [3.63, 3.8) is 0 Å². The number of fused-ring (bicyclic) bond motifs is 3. The summed E-state index contributed by atoms with van der Waals surface area (Å²) >= 11 is 0. The number of benzene rings is 1. The summed E-state index contributed by atoms with van der Waals surface area (Å²) in [5.41, 5.74) is 8.06. The zero-order valence-corrected chi connectivity index (χ0v) is 21.7. The summed E-state index contributed by atoms with van der Waals surface area (Å²) in [6.07, 6.45) is 3.78. The first-order valence-corrected chi connectivity index (χ1v) is 12.2. The fourth-order valence-corrected chi connectivity index (χ4v) is 4.47. The fourth-order valence-electron chi connectivity index (χ4n) is 4.47. The van der Waals surface area contributed by atoms with Crippen LogP contribution in [-0.2, 0) is 19.1 Å². The summed E-state index contributed by atoms with van der Waals surface area (Å²) in [5, 5.41) is 0. The molecule has 0 amide bonds. The number of esters is 2. The van der Waals surface area contributed by atoms with Gasteiger partial charge in [-0.1, -0.05) is 6.07 Å². The van der Waals surface area contributed by atoms with E-state index in [0.29, 0.717) is 6.42 Å². The van der Waals surface area contributed by atoms with E-state index in [0.717, 1.165) is 39.7 Å². The van der Waals surface area contributed by atoms with Crippen LogP contribution < -0.4 is 0 Å². The third kappa shape index (κ3) is 5.08. The number of carbonyl (C=O) groups is 2. The quantitative estimate of drug-likeness (QED) is 0.449. The summed E-state index contributed by atoms with van der Waals surface area (Å²) in [5.74, 6) is -0.287. The molecule has 1 aliphatic heterocycles. The Hall–Kier alpha value is -3.81. The Morgan fingerprint density at radius 3 is 2.53 bits per heavy atom. The molecule has 0 fully saturated rings. The molecule has 8 nitrogen and oxygen atoms in total. The highest BCUT2D eigenvalue weighted by Gasteiger charge is 2.30. The van der Waals surface area contributed by atoms with Gasteiger partial charge in [0.15, 0.2) is 6.61 Å². The number of rotatable bonds is 7. The van der Waals surface area contributed by atoms with Gasteiger partial charge in [-0.3, -0.25) is 19.3 Å². The number of ether oxygens (including phenoxy) is 2. The van der Waals surface area contributed by atoms with Gasteiger partial charge >= 0.3 is 11.9 Å². The third-order valence-electron chi connectivity index (χ3n) is 6.41. The van der Waals surface area contributed by atoms with Crippen molar-refractivity contribution in [2.45, 2.75) is 66.5 Å². The SMILES string of the molecule is Cc1cc2c(c(C)c1C)C(c1ccccn1)=N[C@@H](CCC(=O)OCC(=O)OC(C)C)c1ncc(C)n1-2. The number of pyridine rings is 1. The lowest BCUT2D eigenvalue weighted by Crippen LogP contribution is -2.20. The smallest absolute Gasteiger partial charge is 0.344 e. The van der Waals surface area contributed by atoms with E-state index in [-0.39, 0.29) is 12.5 Å². The van der Waals surface area contributed by atoms with E-state index in [1.165, 1.54) is 11.1 Å². The lowest BCUT2D eigenvalue weighted by atomic mass is 9.92. The summed E-state index contributed by atoms with van der Waals surface area (Å²) in [6, 6.07) is 7.54. The Kier molecular flexibility index (Phi) is 7.33. The number of aryl methyl sites for hydroxylation is 2. The van der Waals surface area contributed by atoms with Crippen molar-refractivity contribution in [3.05, 3.63) is 76.1 Å². The molecule has 0 unspecified atom stereocenters. The van der Waals surface area contributed by atoms with Crippen molar-refractivity contribution in [1.82, 2.24) is 14.5 Å². The average molecular weight is 489 g/mol. The number of aliphatic imine (C=N–C) groups is 1. The van der Waals surface area contributed by atoms with Crippen LogP contribution in [0.1, 0.15) is 72.2 Å². The number of hydrogen-bond donors (Lipinski definition) is 0. The molecule has 0 N–H and O–H groups in total. The molecular weight excluding hydrogens is 456 g/mol. The summed E-state index contributed by atoms with van der Waals surface area (Å²) in [6.45, 7) is 11.4. The van der Waals surface area contributed by atoms with Gasteiger partial charge in [-0.15, -0.1) is 0 Å². The highest BCUT2D eigenvalue weighted by atomic mass is 16.6. The van der Waals surface area contributed by atoms with Crippen LogP contribution in [0.25, 0.3) is 5.69 Å². The van der Waals surface area contributed by atoms with Crippen molar-refractivity contribution in [3.8, 4) is 5.69 Å². The number of aromatic nitrogens is 3. The molecule has 3 heterocycles. The summed E-state index contributed by atoms with van der Waals surface area (Å²) in [4.78, 5) is 38.7. The Balaban J connectivity index is 1.72. The molecular formula is C28H32N4O4. The van der Waals surface area contributed by atoms with Crippen LogP contribution in [0, 0.1) is 27.7 Å². The monoisotopic (exact) mass is 488 g/mol. The van der Waals surface area contributed by atoms with E-state index in [9.17, 15) is 9.59 Å². The molecule has 0 saturated heterocycles. The minimum absolute atomic E-state index is 0.0813. The zero-order valence-electron chi connectivity index (χ0n) is 21.7. The predicted molar refractivity (Wildman–Crippen MR) is 137 cm³/mol. The van der Waals surface area contributed by atoms with E-state index in [4.69, 9.17) is 19.5 Å². The molecule has 8 heteroatoms. The fraction of sp³-hybridized carbons (Fsp3) is 0.393. The Bertz CT molecular complexity index is 1330. The predicted octanol–water partition coefficient (Wildman–Crippen LogP) is 4.67. The maximum atomic E-state index is 12.5. The Labute approximate surface area is 211 Å². The van der Waals surface area contributed by atoms with E-state index in [1.807, 2.05) is 31.3 Å².